The molecule has 3 nitrogen and oxygen atoms in total. The van der Waals surface area contributed by atoms with Gasteiger partial charge in [0, 0.05) is 5.56 Å². The Labute approximate surface area is 138 Å². The molecular formula is C17H13NO2S2. The molecule has 0 aliphatic carbocycles. The number of nitrogens with zero attached hydrogens (tertiary/aromatic N) is 1. The quantitative estimate of drug-likeness (QED) is 0.666. The Hall–Kier alpha value is -2.11. The molecule has 1 fully saturated rings. The van der Waals surface area contributed by atoms with E-state index in [1.807, 2.05) is 37.3 Å². The van der Waals surface area contributed by atoms with Gasteiger partial charge in [0.15, 0.2) is 4.32 Å². The normalized spacial score (nSPS) is 16.6. The maximum Gasteiger partial charge on any atom is 0.270 e. The van der Waals surface area contributed by atoms with Gasteiger partial charge in [-0.25, -0.2) is 0 Å². The van der Waals surface area contributed by atoms with E-state index >= 15 is 0 Å². The Morgan fingerprint density at radius 2 is 1.95 bits per heavy atom. The molecule has 0 unspecified atom stereocenters. The number of anilines is 1. The van der Waals surface area contributed by atoms with Gasteiger partial charge in [-0.2, -0.15) is 0 Å². The van der Waals surface area contributed by atoms with Gasteiger partial charge >= 0.3 is 0 Å². The molecule has 0 saturated carbocycles. The summed E-state index contributed by atoms with van der Waals surface area (Å²) < 4.78 is 0.497. The predicted molar refractivity (Wildman–Crippen MR) is 94.9 cm³/mol. The van der Waals surface area contributed by atoms with Gasteiger partial charge < -0.3 is 5.11 Å². The summed E-state index contributed by atoms with van der Waals surface area (Å²) in [5, 5.41) is 9.83. The van der Waals surface area contributed by atoms with E-state index in [4.69, 9.17) is 12.2 Å². The number of hydrogen-bond donors (Lipinski definition) is 1. The third kappa shape index (κ3) is 2.77. The van der Waals surface area contributed by atoms with Crippen LogP contribution in [0.15, 0.2) is 53.4 Å². The highest BCUT2D eigenvalue weighted by Crippen LogP contribution is 2.37. The van der Waals surface area contributed by atoms with E-state index in [-0.39, 0.29) is 11.7 Å². The number of phenols is 1. The first-order chi connectivity index (χ1) is 10.6. The number of rotatable bonds is 2. The van der Waals surface area contributed by atoms with Crippen molar-refractivity contribution in [3.8, 4) is 5.75 Å². The van der Waals surface area contributed by atoms with Crippen LogP contribution in [0.2, 0.25) is 0 Å². The molecule has 1 amide bonds. The van der Waals surface area contributed by atoms with Gasteiger partial charge in [0.2, 0.25) is 0 Å². The SMILES string of the molecule is Cc1cccc(N2C(=O)/C(=C/c3ccccc3O)SC2=S)c1. The van der Waals surface area contributed by atoms with E-state index < -0.39 is 0 Å². The third-order valence-electron chi connectivity index (χ3n) is 3.28. The summed E-state index contributed by atoms with van der Waals surface area (Å²) in [6.45, 7) is 1.97. The van der Waals surface area contributed by atoms with Gasteiger partial charge in [0.25, 0.3) is 5.91 Å². The van der Waals surface area contributed by atoms with Gasteiger partial charge in [-0.1, -0.05) is 54.3 Å². The number of para-hydroxylation sites is 1. The minimum Gasteiger partial charge on any atom is -0.507 e. The lowest BCUT2D eigenvalue weighted by Gasteiger charge is -2.14. The number of aryl methyl sites for hydroxylation is 1. The van der Waals surface area contributed by atoms with Crippen LogP contribution in [0.25, 0.3) is 6.08 Å². The number of thiocarbonyl (C=S) groups is 1. The minimum atomic E-state index is -0.163. The third-order valence-corrected chi connectivity index (χ3v) is 4.58. The summed E-state index contributed by atoms with van der Waals surface area (Å²) in [5.74, 6) is -0.0211. The fourth-order valence-corrected chi connectivity index (χ4v) is 3.50. The average molecular weight is 327 g/mol. The van der Waals surface area contributed by atoms with Crippen molar-refractivity contribution in [2.75, 3.05) is 4.90 Å². The monoisotopic (exact) mass is 327 g/mol. The van der Waals surface area contributed by atoms with Crippen LogP contribution in [0.1, 0.15) is 11.1 Å². The van der Waals surface area contributed by atoms with Crippen LogP contribution < -0.4 is 4.90 Å². The summed E-state index contributed by atoms with van der Waals surface area (Å²) in [4.78, 5) is 14.6. The summed E-state index contributed by atoms with van der Waals surface area (Å²) in [5.41, 5.74) is 2.44. The maximum absolute atomic E-state index is 12.6. The topological polar surface area (TPSA) is 40.5 Å². The second kappa shape index (κ2) is 5.94. The molecule has 0 atom stereocenters. The lowest BCUT2D eigenvalue weighted by atomic mass is 10.2. The van der Waals surface area contributed by atoms with Gasteiger partial charge in [0.05, 0.1) is 10.6 Å². The smallest absolute Gasteiger partial charge is 0.270 e. The Morgan fingerprint density at radius 1 is 1.18 bits per heavy atom. The van der Waals surface area contributed by atoms with Crippen LogP contribution >= 0.6 is 24.0 Å². The van der Waals surface area contributed by atoms with Gasteiger partial charge in [-0.15, -0.1) is 0 Å². The number of benzene rings is 2. The number of carbonyl (C=O) groups is 1. The summed E-state index contributed by atoms with van der Waals surface area (Å²) in [6.07, 6.45) is 1.67. The molecule has 0 bridgehead atoms. The van der Waals surface area contributed by atoms with Crippen molar-refractivity contribution in [1.29, 1.82) is 0 Å². The van der Waals surface area contributed by atoms with Crippen molar-refractivity contribution in [2.24, 2.45) is 0 Å². The number of phenolic OH excluding ortho intramolecular Hbond substituents is 1. The van der Waals surface area contributed by atoms with Crippen molar-refractivity contribution in [2.45, 2.75) is 6.92 Å². The molecule has 1 aliphatic rings. The zero-order valence-electron chi connectivity index (χ0n) is 11.8. The number of carbonyl (C=O) groups excluding carboxylic acids is 1. The highest BCUT2D eigenvalue weighted by Gasteiger charge is 2.33. The van der Waals surface area contributed by atoms with E-state index in [9.17, 15) is 9.90 Å². The molecule has 1 N–H and O–H groups in total. The Kier molecular flexibility index (Phi) is 4.00. The van der Waals surface area contributed by atoms with Gasteiger partial charge in [0.1, 0.15) is 5.75 Å². The predicted octanol–water partition coefficient (Wildman–Crippen LogP) is 4.11. The summed E-state index contributed by atoms with van der Waals surface area (Å²) in [6, 6.07) is 14.6. The van der Waals surface area contributed by atoms with Crippen LogP contribution in [-0.2, 0) is 4.79 Å². The lowest BCUT2D eigenvalue weighted by molar-refractivity contribution is -0.113. The lowest BCUT2D eigenvalue weighted by Crippen LogP contribution is -2.27. The van der Waals surface area contributed by atoms with Crippen molar-refractivity contribution < 1.29 is 9.90 Å². The molecule has 0 aromatic heterocycles. The standard InChI is InChI=1S/C17H13NO2S2/c1-11-5-4-7-13(9-11)18-16(20)15(22-17(18)21)10-12-6-2-3-8-14(12)19/h2-10,19H,1H3/b15-10-. The molecule has 1 saturated heterocycles. The fraction of sp³-hybridized carbons (Fsp3) is 0.0588. The maximum atomic E-state index is 12.6. The number of thioether (sulfide) groups is 1. The number of amides is 1. The molecule has 2 aromatic carbocycles. The molecule has 1 aliphatic heterocycles. The van der Waals surface area contributed by atoms with Gasteiger partial charge in [-0.05, 0) is 36.8 Å². The minimum absolute atomic E-state index is 0.142. The van der Waals surface area contributed by atoms with Crippen LogP contribution in [0, 0.1) is 6.92 Å². The molecule has 0 spiro atoms. The first-order valence-electron chi connectivity index (χ1n) is 6.69. The largest absolute Gasteiger partial charge is 0.507 e. The van der Waals surface area contributed by atoms with E-state index in [1.54, 1.807) is 24.3 Å². The van der Waals surface area contributed by atoms with Crippen LogP contribution in [-0.4, -0.2) is 15.3 Å². The second-order valence-electron chi connectivity index (χ2n) is 4.91. The molecular weight excluding hydrogens is 314 g/mol. The molecule has 5 heteroatoms. The summed E-state index contributed by atoms with van der Waals surface area (Å²) in [7, 11) is 0. The highest BCUT2D eigenvalue weighted by atomic mass is 32.2. The van der Waals surface area contributed by atoms with Crippen molar-refractivity contribution in [3.63, 3.8) is 0 Å². The van der Waals surface area contributed by atoms with Crippen molar-refractivity contribution in [3.05, 3.63) is 64.6 Å². The Balaban J connectivity index is 1.97. The summed E-state index contributed by atoms with van der Waals surface area (Å²) >= 11 is 6.58. The number of aromatic hydroxyl groups is 1. The van der Waals surface area contributed by atoms with Crippen LogP contribution in [0.4, 0.5) is 5.69 Å². The van der Waals surface area contributed by atoms with E-state index in [1.165, 1.54) is 16.7 Å². The molecule has 1 heterocycles. The second-order valence-corrected chi connectivity index (χ2v) is 6.59. The Bertz CT molecular complexity index is 799. The van der Waals surface area contributed by atoms with Crippen molar-refractivity contribution >= 4 is 46.0 Å². The van der Waals surface area contributed by atoms with E-state index in [2.05, 4.69) is 0 Å². The zero-order chi connectivity index (χ0) is 15.7. The molecule has 110 valence electrons. The first-order valence-corrected chi connectivity index (χ1v) is 7.91. The number of hydrogen-bond acceptors (Lipinski definition) is 4. The first kappa shape index (κ1) is 14.8. The average Bonchev–Trinajstić information content (AvgIpc) is 2.76. The zero-order valence-corrected chi connectivity index (χ0v) is 13.4. The molecule has 22 heavy (non-hydrogen) atoms. The van der Waals surface area contributed by atoms with Crippen LogP contribution in [0.5, 0.6) is 5.75 Å². The molecule has 3 rings (SSSR count). The van der Waals surface area contributed by atoms with Crippen molar-refractivity contribution in [1.82, 2.24) is 0 Å². The highest BCUT2D eigenvalue weighted by molar-refractivity contribution is 8.27. The van der Waals surface area contributed by atoms with Crippen LogP contribution in [0.3, 0.4) is 0 Å². The molecule has 0 radical (unpaired) electrons. The van der Waals surface area contributed by atoms with E-state index in [0.29, 0.717) is 14.8 Å². The van der Waals surface area contributed by atoms with E-state index in [0.717, 1.165) is 11.3 Å². The van der Waals surface area contributed by atoms with Gasteiger partial charge in [-0.3, -0.25) is 9.69 Å². The fourth-order valence-electron chi connectivity index (χ4n) is 2.21. The molecule has 2 aromatic rings. The Morgan fingerprint density at radius 3 is 2.68 bits per heavy atom.